The molecule has 0 aliphatic carbocycles. The second-order valence-corrected chi connectivity index (χ2v) is 8.62. The third-order valence-corrected chi connectivity index (χ3v) is 5.69. The number of anilines is 2. The number of nitrogens with zero attached hydrogens (tertiary/aromatic N) is 1. The van der Waals surface area contributed by atoms with E-state index in [2.05, 4.69) is 16.0 Å². The largest absolute Gasteiger partial charge is 0.373 e. The number of benzene rings is 1. The number of morpholine rings is 1. The molecule has 0 spiro atoms. The highest BCUT2D eigenvalue weighted by Crippen LogP contribution is 2.15. The molecular weight excluding hydrogens is 372 g/mol. The summed E-state index contributed by atoms with van der Waals surface area (Å²) in [6.07, 6.45) is -0.305. The van der Waals surface area contributed by atoms with E-state index in [0.29, 0.717) is 24.5 Å². The minimum atomic E-state index is -3.46. The summed E-state index contributed by atoms with van der Waals surface area (Å²) in [7, 11) is -3.46. The Hall–Kier alpha value is -2.17. The third-order valence-electron chi connectivity index (χ3n) is 3.89. The third kappa shape index (κ3) is 6.81. The van der Waals surface area contributed by atoms with Gasteiger partial charge in [-0.2, -0.15) is 4.31 Å². The Kier molecular flexibility index (Phi) is 7.17. The minimum absolute atomic E-state index is 0.00172. The number of nitrogens with one attached hydrogen (secondary N) is 3. The molecule has 27 heavy (non-hydrogen) atoms. The van der Waals surface area contributed by atoms with Crippen molar-refractivity contribution in [3.8, 4) is 0 Å². The highest BCUT2D eigenvalue weighted by Gasteiger charge is 2.30. The Balaban J connectivity index is 1.79. The number of rotatable bonds is 6. The maximum absolute atomic E-state index is 12.4. The first kappa shape index (κ1) is 21.1. The molecule has 1 aromatic carbocycles. The standard InChI is InChI=1S/C17H26N4O5S/c1-12-10-21(11-13(2)26-12)27(24,25)9-8-18-17(23)20-16-6-4-15(5-7-16)19-14(3)22/h4-7,12-13H,8-11H2,1-3H3,(H,19,22)(H2,18,20,23). The Bertz CT molecular complexity index is 756. The number of sulfonamides is 1. The van der Waals surface area contributed by atoms with Gasteiger partial charge >= 0.3 is 6.03 Å². The lowest BCUT2D eigenvalue weighted by Crippen LogP contribution is -2.49. The van der Waals surface area contributed by atoms with E-state index >= 15 is 0 Å². The topological polar surface area (TPSA) is 117 Å². The van der Waals surface area contributed by atoms with Crippen molar-refractivity contribution >= 4 is 33.3 Å². The molecule has 1 aliphatic heterocycles. The lowest BCUT2D eigenvalue weighted by molar-refractivity contribution is -0.114. The molecule has 10 heteroatoms. The lowest BCUT2D eigenvalue weighted by Gasteiger charge is -2.34. The summed E-state index contributed by atoms with van der Waals surface area (Å²) < 4.78 is 31.8. The Morgan fingerprint density at radius 2 is 1.59 bits per heavy atom. The summed E-state index contributed by atoms with van der Waals surface area (Å²) in [5.74, 6) is -0.361. The molecular formula is C17H26N4O5S. The predicted octanol–water partition coefficient (Wildman–Crippen LogP) is 1.21. The van der Waals surface area contributed by atoms with Crippen LogP contribution in [0.25, 0.3) is 0 Å². The van der Waals surface area contributed by atoms with Crippen LogP contribution in [-0.2, 0) is 19.6 Å². The van der Waals surface area contributed by atoms with E-state index < -0.39 is 16.1 Å². The quantitative estimate of drug-likeness (QED) is 0.666. The van der Waals surface area contributed by atoms with Crippen molar-refractivity contribution in [2.75, 3.05) is 36.0 Å². The van der Waals surface area contributed by atoms with Crippen molar-refractivity contribution in [2.45, 2.75) is 33.0 Å². The predicted molar refractivity (Wildman–Crippen MR) is 103 cm³/mol. The average molecular weight is 398 g/mol. The smallest absolute Gasteiger partial charge is 0.319 e. The fourth-order valence-corrected chi connectivity index (χ4v) is 4.29. The molecule has 1 aromatic rings. The van der Waals surface area contributed by atoms with E-state index in [1.807, 2.05) is 13.8 Å². The summed E-state index contributed by atoms with van der Waals surface area (Å²) in [5.41, 5.74) is 1.15. The van der Waals surface area contributed by atoms with Crippen LogP contribution in [0.2, 0.25) is 0 Å². The summed E-state index contributed by atoms with van der Waals surface area (Å²) in [6, 6.07) is 6.09. The van der Waals surface area contributed by atoms with E-state index in [9.17, 15) is 18.0 Å². The normalized spacial score (nSPS) is 20.7. The average Bonchev–Trinajstić information content (AvgIpc) is 2.55. The molecule has 9 nitrogen and oxygen atoms in total. The molecule has 0 saturated carbocycles. The summed E-state index contributed by atoms with van der Waals surface area (Å²) >= 11 is 0. The van der Waals surface area contributed by atoms with Gasteiger partial charge in [0.15, 0.2) is 0 Å². The molecule has 3 amide bonds. The van der Waals surface area contributed by atoms with Crippen molar-refractivity contribution in [3.63, 3.8) is 0 Å². The number of carbonyl (C=O) groups excluding carboxylic acids is 2. The van der Waals surface area contributed by atoms with Crippen LogP contribution in [0.1, 0.15) is 20.8 Å². The van der Waals surface area contributed by atoms with E-state index in [1.54, 1.807) is 24.3 Å². The van der Waals surface area contributed by atoms with Gasteiger partial charge in [-0.3, -0.25) is 4.79 Å². The summed E-state index contributed by atoms with van der Waals surface area (Å²) in [5, 5.41) is 7.78. The van der Waals surface area contributed by atoms with Gasteiger partial charge in [-0.05, 0) is 38.1 Å². The number of hydrogen-bond donors (Lipinski definition) is 3. The zero-order valence-corrected chi connectivity index (χ0v) is 16.5. The number of amides is 3. The Morgan fingerprint density at radius 3 is 2.11 bits per heavy atom. The Morgan fingerprint density at radius 1 is 1.07 bits per heavy atom. The van der Waals surface area contributed by atoms with Gasteiger partial charge in [0.25, 0.3) is 0 Å². The monoisotopic (exact) mass is 398 g/mol. The molecule has 1 saturated heterocycles. The highest BCUT2D eigenvalue weighted by atomic mass is 32.2. The molecule has 2 atom stereocenters. The van der Waals surface area contributed by atoms with E-state index in [4.69, 9.17) is 4.74 Å². The molecule has 1 heterocycles. The van der Waals surface area contributed by atoms with Crippen LogP contribution in [0.5, 0.6) is 0 Å². The second-order valence-electron chi connectivity index (χ2n) is 6.53. The van der Waals surface area contributed by atoms with E-state index in [1.165, 1.54) is 11.2 Å². The second kappa shape index (κ2) is 9.16. The molecule has 0 bridgehead atoms. The van der Waals surface area contributed by atoms with Gasteiger partial charge in [0.2, 0.25) is 15.9 Å². The van der Waals surface area contributed by atoms with Crippen molar-refractivity contribution in [3.05, 3.63) is 24.3 Å². The number of urea groups is 1. The van der Waals surface area contributed by atoms with Gasteiger partial charge in [-0.15, -0.1) is 0 Å². The van der Waals surface area contributed by atoms with Crippen LogP contribution >= 0.6 is 0 Å². The fourth-order valence-electron chi connectivity index (χ4n) is 2.80. The van der Waals surface area contributed by atoms with Crippen LogP contribution in [0.4, 0.5) is 16.2 Å². The molecule has 3 N–H and O–H groups in total. The van der Waals surface area contributed by atoms with Gasteiger partial charge < -0.3 is 20.7 Å². The number of hydrogen-bond acceptors (Lipinski definition) is 5. The zero-order chi connectivity index (χ0) is 20.0. The number of carbonyl (C=O) groups is 2. The van der Waals surface area contributed by atoms with E-state index in [0.717, 1.165) is 0 Å². The van der Waals surface area contributed by atoms with Crippen LogP contribution in [0, 0.1) is 0 Å². The lowest BCUT2D eigenvalue weighted by atomic mass is 10.3. The van der Waals surface area contributed by atoms with Crippen molar-refractivity contribution in [1.82, 2.24) is 9.62 Å². The van der Waals surface area contributed by atoms with Crippen LogP contribution in [0.15, 0.2) is 24.3 Å². The van der Waals surface area contributed by atoms with Gasteiger partial charge in [0.05, 0.1) is 18.0 Å². The van der Waals surface area contributed by atoms with Crippen molar-refractivity contribution in [2.24, 2.45) is 0 Å². The molecule has 1 aliphatic rings. The molecule has 2 unspecified atom stereocenters. The number of ether oxygens (including phenoxy) is 1. The highest BCUT2D eigenvalue weighted by molar-refractivity contribution is 7.89. The van der Waals surface area contributed by atoms with Gasteiger partial charge in [-0.25, -0.2) is 13.2 Å². The van der Waals surface area contributed by atoms with Crippen LogP contribution < -0.4 is 16.0 Å². The van der Waals surface area contributed by atoms with Gasteiger partial charge in [-0.1, -0.05) is 0 Å². The van der Waals surface area contributed by atoms with Crippen molar-refractivity contribution in [1.29, 1.82) is 0 Å². The first-order valence-corrected chi connectivity index (χ1v) is 10.3. The maximum Gasteiger partial charge on any atom is 0.319 e. The maximum atomic E-state index is 12.4. The van der Waals surface area contributed by atoms with Crippen LogP contribution in [0.3, 0.4) is 0 Å². The molecule has 1 fully saturated rings. The zero-order valence-electron chi connectivity index (χ0n) is 15.7. The SMILES string of the molecule is CC(=O)Nc1ccc(NC(=O)NCCS(=O)(=O)N2CC(C)OC(C)C2)cc1. The van der Waals surface area contributed by atoms with Crippen molar-refractivity contribution < 1.29 is 22.7 Å². The van der Waals surface area contributed by atoms with E-state index in [-0.39, 0.29) is 30.4 Å². The fraction of sp³-hybridized carbons (Fsp3) is 0.529. The van der Waals surface area contributed by atoms with Gasteiger partial charge in [0, 0.05) is 37.9 Å². The summed E-state index contributed by atoms with van der Waals surface area (Å²) in [6.45, 7) is 5.71. The molecule has 2 rings (SSSR count). The molecule has 0 aromatic heterocycles. The van der Waals surface area contributed by atoms with Crippen LogP contribution in [-0.4, -0.2) is 62.3 Å². The minimum Gasteiger partial charge on any atom is -0.373 e. The van der Waals surface area contributed by atoms with Gasteiger partial charge in [0.1, 0.15) is 0 Å². The first-order chi connectivity index (χ1) is 12.7. The Labute approximate surface area is 159 Å². The molecule has 0 radical (unpaired) electrons. The molecule has 150 valence electrons. The first-order valence-electron chi connectivity index (χ1n) is 8.71. The summed E-state index contributed by atoms with van der Waals surface area (Å²) in [4.78, 5) is 22.9.